The van der Waals surface area contributed by atoms with Crippen molar-refractivity contribution in [2.75, 3.05) is 11.1 Å². The Balaban J connectivity index is 0.00000106. The van der Waals surface area contributed by atoms with Crippen LogP contribution in [0, 0.1) is 15.9 Å². The van der Waals surface area contributed by atoms with Crippen LogP contribution in [0.4, 0.5) is 21.5 Å². The summed E-state index contributed by atoms with van der Waals surface area (Å²) < 4.78 is 12.7. The van der Waals surface area contributed by atoms with Gasteiger partial charge in [-0.1, -0.05) is 26.0 Å². The summed E-state index contributed by atoms with van der Waals surface area (Å²) in [4.78, 5) is 10.2. The zero-order chi connectivity index (χ0) is 15.8. The summed E-state index contributed by atoms with van der Waals surface area (Å²) in [7, 11) is 0. The summed E-state index contributed by atoms with van der Waals surface area (Å²) in [5.74, 6) is -0.299. The summed E-state index contributed by atoms with van der Waals surface area (Å²) in [6, 6.07) is 10.5. The van der Waals surface area contributed by atoms with Gasteiger partial charge in [0.15, 0.2) is 0 Å². The lowest BCUT2D eigenvalue weighted by atomic mass is 10.2. The molecule has 2 rings (SSSR count). The van der Waals surface area contributed by atoms with E-state index in [0.29, 0.717) is 12.2 Å². The highest BCUT2D eigenvalue weighted by molar-refractivity contribution is 5.65. The van der Waals surface area contributed by atoms with Gasteiger partial charge < -0.3 is 11.1 Å². The van der Waals surface area contributed by atoms with Crippen molar-refractivity contribution in [2.45, 2.75) is 20.4 Å². The Morgan fingerprint density at radius 2 is 1.81 bits per heavy atom. The molecule has 6 heteroatoms. The van der Waals surface area contributed by atoms with E-state index < -0.39 is 4.92 Å². The van der Waals surface area contributed by atoms with Gasteiger partial charge in [0.1, 0.15) is 11.5 Å². The molecule has 0 atom stereocenters. The fraction of sp³-hybridized carbons (Fsp3) is 0.200. The van der Waals surface area contributed by atoms with Crippen molar-refractivity contribution in [1.29, 1.82) is 0 Å². The van der Waals surface area contributed by atoms with E-state index in [9.17, 15) is 14.5 Å². The third-order valence-electron chi connectivity index (χ3n) is 2.64. The van der Waals surface area contributed by atoms with Crippen LogP contribution in [0.3, 0.4) is 0 Å². The Kier molecular flexibility index (Phi) is 6.13. The molecule has 21 heavy (non-hydrogen) atoms. The average Bonchev–Trinajstić information content (AvgIpc) is 2.50. The largest absolute Gasteiger partial charge is 0.393 e. The molecule has 112 valence electrons. The van der Waals surface area contributed by atoms with E-state index in [2.05, 4.69) is 5.32 Å². The summed E-state index contributed by atoms with van der Waals surface area (Å²) >= 11 is 0. The Hall–Kier alpha value is -2.63. The molecule has 0 aliphatic carbocycles. The summed E-state index contributed by atoms with van der Waals surface area (Å²) in [5, 5.41) is 13.8. The van der Waals surface area contributed by atoms with Crippen LogP contribution in [0.1, 0.15) is 19.4 Å². The molecule has 2 aromatic rings. The van der Waals surface area contributed by atoms with E-state index >= 15 is 0 Å². The maximum absolute atomic E-state index is 12.7. The van der Waals surface area contributed by atoms with Gasteiger partial charge in [-0.15, -0.1) is 0 Å². The molecule has 0 bridgehead atoms. The molecule has 0 fully saturated rings. The number of halogens is 1. The molecule has 0 unspecified atom stereocenters. The average molecular weight is 291 g/mol. The number of nitro benzene ring substituents is 1. The maximum Gasteiger partial charge on any atom is 0.294 e. The standard InChI is InChI=1S/C13H12FN3O2.C2H6/c14-10-3-1-9(2-4-10)8-16-11-5-6-12(15)13(7-11)17(18)19;1-2/h1-7,16H,8,15H2;1-2H3. The van der Waals surface area contributed by atoms with Crippen LogP contribution >= 0.6 is 0 Å². The maximum atomic E-state index is 12.7. The Morgan fingerprint density at radius 1 is 1.19 bits per heavy atom. The molecule has 0 amide bonds. The van der Waals surface area contributed by atoms with Crippen molar-refractivity contribution in [3.8, 4) is 0 Å². The van der Waals surface area contributed by atoms with Crippen LogP contribution in [-0.2, 0) is 6.54 Å². The van der Waals surface area contributed by atoms with E-state index in [0.717, 1.165) is 5.56 Å². The summed E-state index contributed by atoms with van der Waals surface area (Å²) in [6.45, 7) is 4.45. The highest BCUT2D eigenvalue weighted by Gasteiger charge is 2.11. The van der Waals surface area contributed by atoms with E-state index in [-0.39, 0.29) is 17.2 Å². The lowest BCUT2D eigenvalue weighted by Crippen LogP contribution is -2.01. The molecule has 0 saturated heterocycles. The third-order valence-corrected chi connectivity index (χ3v) is 2.64. The molecule has 0 spiro atoms. The molecule has 0 radical (unpaired) electrons. The molecule has 0 aliphatic heterocycles. The SMILES string of the molecule is CC.Nc1ccc(NCc2ccc(F)cc2)cc1[N+](=O)[O-]. The van der Waals surface area contributed by atoms with Crippen molar-refractivity contribution < 1.29 is 9.31 Å². The highest BCUT2D eigenvalue weighted by atomic mass is 19.1. The van der Waals surface area contributed by atoms with Gasteiger partial charge in [-0.05, 0) is 29.8 Å². The fourth-order valence-corrected chi connectivity index (χ4v) is 1.62. The number of nitrogens with two attached hydrogens (primary N) is 1. The van der Waals surface area contributed by atoms with Crippen LogP contribution in [-0.4, -0.2) is 4.92 Å². The van der Waals surface area contributed by atoms with Crippen molar-refractivity contribution in [3.05, 3.63) is 64.0 Å². The number of benzene rings is 2. The second-order valence-electron chi connectivity index (χ2n) is 4.01. The molecule has 5 nitrogen and oxygen atoms in total. The minimum absolute atomic E-state index is 0.123. The van der Waals surface area contributed by atoms with Gasteiger partial charge in [-0.2, -0.15) is 0 Å². The smallest absolute Gasteiger partial charge is 0.294 e. The zero-order valence-electron chi connectivity index (χ0n) is 12.0. The first-order valence-corrected chi connectivity index (χ1v) is 6.58. The van der Waals surface area contributed by atoms with E-state index in [1.54, 1.807) is 18.2 Å². The van der Waals surface area contributed by atoms with Gasteiger partial charge in [0.25, 0.3) is 5.69 Å². The lowest BCUT2D eigenvalue weighted by molar-refractivity contribution is -0.383. The van der Waals surface area contributed by atoms with Crippen molar-refractivity contribution in [1.82, 2.24) is 0 Å². The van der Waals surface area contributed by atoms with E-state index in [1.165, 1.54) is 24.3 Å². The fourth-order valence-electron chi connectivity index (χ4n) is 1.62. The van der Waals surface area contributed by atoms with Crippen LogP contribution in [0.2, 0.25) is 0 Å². The monoisotopic (exact) mass is 291 g/mol. The van der Waals surface area contributed by atoms with E-state index in [1.807, 2.05) is 13.8 Å². The minimum Gasteiger partial charge on any atom is -0.393 e. The minimum atomic E-state index is -0.529. The molecule has 3 N–H and O–H groups in total. The third kappa shape index (κ3) is 4.76. The number of nitrogens with one attached hydrogen (secondary N) is 1. The van der Waals surface area contributed by atoms with Crippen LogP contribution in [0.15, 0.2) is 42.5 Å². The topological polar surface area (TPSA) is 81.2 Å². The number of nitrogen functional groups attached to an aromatic ring is 1. The second kappa shape index (κ2) is 7.84. The Labute approximate surface area is 122 Å². The molecule has 2 aromatic carbocycles. The second-order valence-corrected chi connectivity index (χ2v) is 4.01. The first kappa shape index (κ1) is 16.4. The number of nitrogens with zero attached hydrogens (tertiary/aromatic N) is 1. The summed E-state index contributed by atoms with van der Waals surface area (Å²) in [6.07, 6.45) is 0. The van der Waals surface area contributed by atoms with E-state index in [4.69, 9.17) is 5.73 Å². The Bertz CT molecular complexity index is 600. The number of nitro groups is 1. The molecular formula is C15H18FN3O2. The van der Waals surface area contributed by atoms with Gasteiger partial charge in [0.05, 0.1) is 4.92 Å². The first-order chi connectivity index (χ1) is 10.1. The van der Waals surface area contributed by atoms with Crippen molar-refractivity contribution in [2.24, 2.45) is 0 Å². The van der Waals surface area contributed by atoms with Crippen LogP contribution in [0.5, 0.6) is 0 Å². The first-order valence-electron chi connectivity index (χ1n) is 6.58. The zero-order valence-corrected chi connectivity index (χ0v) is 12.0. The van der Waals surface area contributed by atoms with Gasteiger partial charge >= 0.3 is 0 Å². The highest BCUT2D eigenvalue weighted by Crippen LogP contribution is 2.25. The number of hydrogen-bond acceptors (Lipinski definition) is 4. The van der Waals surface area contributed by atoms with Crippen LogP contribution < -0.4 is 11.1 Å². The summed E-state index contributed by atoms with van der Waals surface area (Å²) in [5.41, 5.74) is 6.95. The van der Waals surface area contributed by atoms with Gasteiger partial charge in [-0.3, -0.25) is 10.1 Å². The number of anilines is 2. The van der Waals surface area contributed by atoms with Crippen molar-refractivity contribution >= 4 is 17.1 Å². The Morgan fingerprint density at radius 3 is 2.38 bits per heavy atom. The molecular weight excluding hydrogens is 273 g/mol. The molecule has 0 heterocycles. The van der Waals surface area contributed by atoms with Crippen LogP contribution in [0.25, 0.3) is 0 Å². The predicted molar refractivity (Wildman–Crippen MR) is 82.6 cm³/mol. The van der Waals surface area contributed by atoms with Gasteiger partial charge in [0, 0.05) is 18.3 Å². The molecule has 0 aromatic heterocycles. The van der Waals surface area contributed by atoms with Gasteiger partial charge in [-0.25, -0.2) is 4.39 Å². The van der Waals surface area contributed by atoms with Gasteiger partial charge in [0.2, 0.25) is 0 Å². The van der Waals surface area contributed by atoms with Crippen molar-refractivity contribution in [3.63, 3.8) is 0 Å². The molecule has 0 saturated carbocycles. The predicted octanol–water partition coefficient (Wildman–Crippen LogP) is 3.95. The lowest BCUT2D eigenvalue weighted by Gasteiger charge is -2.07. The number of hydrogen-bond donors (Lipinski definition) is 2. The molecule has 0 aliphatic rings. The number of rotatable bonds is 4. The quantitative estimate of drug-likeness (QED) is 0.507. The normalized spacial score (nSPS) is 9.48.